The minimum Gasteiger partial charge on any atom is -0.326 e. The van der Waals surface area contributed by atoms with Gasteiger partial charge >= 0.3 is 0 Å². The number of hydrogen-bond donors (Lipinski definition) is 3. The molecule has 10 heteroatoms. The molecule has 0 aliphatic heterocycles. The van der Waals surface area contributed by atoms with Crippen LogP contribution in [0, 0.1) is 0 Å². The molecule has 0 saturated carbocycles. The Balaban J connectivity index is 1.88. The van der Waals surface area contributed by atoms with Crippen molar-refractivity contribution in [2.24, 2.45) is 0 Å². The molecule has 0 saturated heterocycles. The Morgan fingerprint density at radius 2 is 1.42 bits per heavy atom. The predicted octanol–water partition coefficient (Wildman–Crippen LogP) is 5.00. The normalized spacial score (nSPS) is 10.9. The van der Waals surface area contributed by atoms with Crippen molar-refractivity contribution in [2.45, 2.75) is 11.8 Å². The van der Waals surface area contributed by atoms with E-state index in [0.29, 0.717) is 16.4 Å². The third kappa shape index (κ3) is 5.97. The average molecular weight is 478 g/mol. The molecular formula is C21H17Cl2N3O4S. The molecule has 0 aromatic heterocycles. The standard InChI is InChI=1S/C21H17Cl2N3O4S/c1-13(27)24-16-3-2-4-17(12-16)25-21(28)19-11-15(23)7-10-20(19)26-31(29,30)18-8-5-14(22)6-9-18/h2-12,26H,1H3,(H,24,27)(H,25,28). The maximum Gasteiger partial charge on any atom is 0.261 e. The van der Waals surface area contributed by atoms with Crippen molar-refractivity contribution in [1.82, 2.24) is 0 Å². The van der Waals surface area contributed by atoms with Crippen molar-refractivity contribution in [3.63, 3.8) is 0 Å². The van der Waals surface area contributed by atoms with Crippen molar-refractivity contribution >= 4 is 62.1 Å². The van der Waals surface area contributed by atoms with Gasteiger partial charge in [-0.1, -0.05) is 29.3 Å². The average Bonchev–Trinajstić information content (AvgIpc) is 2.69. The molecule has 7 nitrogen and oxygen atoms in total. The number of nitrogens with one attached hydrogen (secondary N) is 3. The minimum atomic E-state index is -3.97. The highest BCUT2D eigenvalue weighted by molar-refractivity contribution is 7.92. The van der Waals surface area contributed by atoms with Crippen molar-refractivity contribution in [3.8, 4) is 0 Å². The molecule has 0 aliphatic rings. The molecule has 0 atom stereocenters. The summed E-state index contributed by atoms with van der Waals surface area (Å²) in [5.41, 5.74) is 0.979. The Morgan fingerprint density at radius 1 is 0.806 bits per heavy atom. The van der Waals surface area contributed by atoms with Crippen LogP contribution in [0.2, 0.25) is 10.0 Å². The van der Waals surface area contributed by atoms with Gasteiger partial charge in [-0.25, -0.2) is 8.42 Å². The van der Waals surface area contributed by atoms with Crippen molar-refractivity contribution in [2.75, 3.05) is 15.4 Å². The molecule has 3 rings (SSSR count). The smallest absolute Gasteiger partial charge is 0.261 e. The van der Waals surface area contributed by atoms with E-state index in [-0.39, 0.29) is 27.1 Å². The van der Waals surface area contributed by atoms with Crippen LogP contribution >= 0.6 is 23.2 Å². The number of rotatable bonds is 6. The number of halogens is 2. The van der Waals surface area contributed by atoms with Crippen molar-refractivity contribution in [1.29, 1.82) is 0 Å². The Morgan fingerprint density at radius 3 is 2.06 bits per heavy atom. The van der Waals surface area contributed by atoms with Crippen LogP contribution in [0.1, 0.15) is 17.3 Å². The molecule has 3 N–H and O–H groups in total. The minimum absolute atomic E-state index is 0.0128. The lowest BCUT2D eigenvalue weighted by molar-refractivity contribution is -0.114. The highest BCUT2D eigenvalue weighted by atomic mass is 35.5. The van der Waals surface area contributed by atoms with Gasteiger partial charge in [0, 0.05) is 28.3 Å². The zero-order valence-corrected chi connectivity index (χ0v) is 18.5. The Bertz CT molecular complexity index is 1250. The largest absolute Gasteiger partial charge is 0.326 e. The zero-order chi connectivity index (χ0) is 22.6. The van der Waals surface area contributed by atoms with Gasteiger partial charge in [0.1, 0.15) is 0 Å². The Hall–Kier alpha value is -3.07. The number of hydrogen-bond acceptors (Lipinski definition) is 4. The van der Waals surface area contributed by atoms with Crippen LogP contribution in [-0.4, -0.2) is 20.2 Å². The van der Waals surface area contributed by atoms with Gasteiger partial charge in [-0.05, 0) is 60.7 Å². The van der Waals surface area contributed by atoms with Gasteiger partial charge in [-0.15, -0.1) is 0 Å². The molecule has 0 heterocycles. The SMILES string of the molecule is CC(=O)Nc1cccc(NC(=O)c2cc(Cl)ccc2NS(=O)(=O)c2ccc(Cl)cc2)c1. The first kappa shape index (κ1) is 22.6. The molecule has 0 bridgehead atoms. The second-order valence-corrected chi connectivity index (χ2v) is 9.02. The summed E-state index contributed by atoms with van der Waals surface area (Å²) in [6, 6.07) is 16.4. The monoisotopic (exact) mass is 477 g/mol. The van der Waals surface area contributed by atoms with E-state index in [4.69, 9.17) is 23.2 Å². The maximum atomic E-state index is 12.9. The molecule has 160 valence electrons. The van der Waals surface area contributed by atoms with Gasteiger partial charge in [0.2, 0.25) is 5.91 Å². The van der Waals surface area contributed by atoms with Gasteiger partial charge in [0.05, 0.1) is 16.1 Å². The van der Waals surface area contributed by atoms with E-state index in [1.54, 1.807) is 24.3 Å². The third-order valence-corrected chi connectivity index (χ3v) is 5.90. The summed E-state index contributed by atoms with van der Waals surface area (Å²) < 4.78 is 27.8. The fraction of sp³-hybridized carbons (Fsp3) is 0.0476. The third-order valence-electron chi connectivity index (χ3n) is 4.04. The fourth-order valence-corrected chi connectivity index (χ4v) is 4.07. The summed E-state index contributed by atoms with van der Waals surface area (Å²) in [4.78, 5) is 24.1. The number of carbonyl (C=O) groups excluding carboxylic acids is 2. The van der Waals surface area contributed by atoms with Crippen LogP contribution < -0.4 is 15.4 Å². The summed E-state index contributed by atoms with van der Waals surface area (Å²) in [5, 5.41) is 5.94. The van der Waals surface area contributed by atoms with Crippen LogP contribution in [0.15, 0.2) is 71.6 Å². The molecule has 0 aliphatic carbocycles. The lowest BCUT2D eigenvalue weighted by Crippen LogP contribution is -2.19. The van der Waals surface area contributed by atoms with Crippen LogP contribution in [0.3, 0.4) is 0 Å². The highest BCUT2D eigenvalue weighted by Crippen LogP contribution is 2.26. The number of benzene rings is 3. The second kappa shape index (κ2) is 9.38. The molecule has 0 spiro atoms. The molecule has 0 unspecified atom stereocenters. The van der Waals surface area contributed by atoms with Gasteiger partial charge in [-0.2, -0.15) is 0 Å². The molecule has 0 radical (unpaired) electrons. The first-order valence-electron chi connectivity index (χ1n) is 8.91. The quantitative estimate of drug-likeness (QED) is 0.464. The van der Waals surface area contributed by atoms with Crippen molar-refractivity contribution < 1.29 is 18.0 Å². The van der Waals surface area contributed by atoms with E-state index in [2.05, 4.69) is 15.4 Å². The fourth-order valence-electron chi connectivity index (χ4n) is 2.69. The summed E-state index contributed by atoms with van der Waals surface area (Å²) >= 11 is 11.8. The predicted molar refractivity (Wildman–Crippen MR) is 122 cm³/mol. The Labute approximate surface area is 189 Å². The van der Waals surface area contributed by atoms with Crippen LogP contribution in [-0.2, 0) is 14.8 Å². The van der Waals surface area contributed by atoms with E-state index in [1.165, 1.54) is 49.4 Å². The van der Waals surface area contributed by atoms with Crippen molar-refractivity contribution in [3.05, 3.63) is 82.3 Å². The van der Waals surface area contributed by atoms with Crippen LogP contribution in [0.5, 0.6) is 0 Å². The summed E-state index contributed by atoms with van der Waals surface area (Å²) in [7, 11) is -3.97. The molecule has 2 amide bonds. The van der Waals surface area contributed by atoms with Gasteiger partial charge in [0.25, 0.3) is 15.9 Å². The Kier molecular flexibility index (Phi) is 6.84. The second-order valence-electron chi connectivity index (χ2n) is 6.47. The first-order valence-corrected chi connectivity index (χ1v) is 11.1. The first-order chi connectivity index (χ1) is 14.6. The maximum absolute atomic E-state index is 12.9. The lowest BCUT2D eigenvalue weighted by atomic mass is 10.1. The van der Waals surface area contributed by atoms with Crippen LogP contribution in [0.4, 0.5) is 17.1 Å². The molecular weight excluding hydrogens is 461 g/mol. The molecule has 3 aromatic carbocycles. The van der Waals surface area contributed by atoms with E-state index >= 15 is 0 Å². The molecule has 0 fully saturated rings. The zero-order valence-electron chi connectivity index (χ0n) is 16.1. The van der Waals surface area contributed by atoms with E-state index in [9.17, 15) is 18.0 Å². The molecule has 3 aromatic rings. The topological polar surface area (TPSA) is 104 Å². The molecule has 31 heavy (non-hydrogen) atoms. The summed E-state index contributed by atoms with van der Waals surface area (Å²) in [6.07, 6.45) is 0. The summed E-state index contributed by atoms with van der Waals surface area (Å²) in [6.45, 7) is 1.37. The number of amides is 2. The van der Waals surface area contributed by atoms with E-state index < -0.39 is 15.9 Å². The van der Waals surface area contributed by atoms with E-state index in [1.807, 2.05) is 0 Å². The van der Waals surface area contributed by atoms with Gasteiger partial charge in [-0.3, -0.25) is 14.3 Å². The van der Waals surface area contributed by atoms with Gasteiger partial charge < -0.3 is 10.6 Å². The van der Waals surface area contributed by atoms with E-state index in [0.717, 1.165) is 0 Å². The van der Waals surface area contributed by atoms with Crippen LogP contribution in [0.25, 0.3) is 0 Å². The lowest BCUT2D eigenvalue weighted by Gasteiger charge is -2.14. The van der Waals surface area contributed by atoms with Gasteiger partial charge in [0.15, 0.2) is 0 Å². The number of anilines is 3. The number of sulfonamides is 1. The highest BCUT2D eigenvalue weighted by Gasteiger charge is 2.19. The number of carbonyl (C=O) groups is 2. The summed E-state index contributed by atoms with van der Waals surface area (Å²) in [5.74, 6) is -0.839.